The van der Waals surface area contributed by atoms with Crippen LogP contribution in [-0.4, -0.2) is 29.1 Å². The molecular weight excluding hydrogens is 160 g/mol. The van der Waals surface area contributed by atoms with Crippen LogP contribution in [0.3, 0.4) is 0 Å². The summed E-state index contributed by atoms with van der Waals surface area (Å²) in [4.78, 5) is 21.2. The lowest BCUT2D eigenvalue weighted by Gasteiger charge is -2.31. The fourth-order valence-electron chi connectivity index (χ4n) is 1.37. The molecule has 0 saturated carbocycles. The van der Waals surface area contributed by atoms with E-state index in [-0.39, 0.29) is 18.7 Å². The second-order valence-electron chi connectivity index (χ2n) is 3.21. The molecule has 0 unspecified atom stereocenters. The van der Waals surface area contributed by atoms with E-state index in [1.54, 1.807) is 0 Å². The largest absolute Gasteiger partial charge is 0.481 e. The van der Waals surface area contributed by atoms with Gasteiger partial charge in [-0.05, 0) is 6.42 Å². The number of amides is 1. The molecule has 1 aliphatic heterocycles. The highest BCUT2D eigenvalue weighted by Gasteiger charge is 2.33. The minimum atomic E-state index is -0.952. The minimum Gasteiger partial charge on any atom is -0.481 e. The SMILES string of the molecule is N[C@]1(CC(=O)O)CCNC(=O)C1. The zero-order valence-corrected chi connectivity index (χ0v) is 6.67. The molecule has 1 heterocycles. The lowest BCUT2D eigenvalue weighted by Crippen LogP contribution is -2.52. The van der Waals surface area contributed by atoms with Gasteiger partial charge in [-0.3, -0.25) is 9.59 Å². The van der Waals surface area contributed by atoms with Gasteiger partial charge in [0.25, 0.3) is 0 Å². The number of hydrogen-bond donors (Lipinski definition) is 3. The van der Waals surface area contributed by atoms with Crippen LogP contribution in [0.15, 0.2) is 0 Å². The van der Waals surface area contributed by atoms with Gasteiger partial charge in [-0.15, -0.1) is 0 Å². The summed E-state index contributed by atoms with van der Waals surface area (Å²) in [6, 6.07) is 0. The van der Waals surface area contributed by atoms with Crippen molar-refractivity contribution in [3.8, 4) is 0 Å². The van der Waals surface area contributed by atoms with Crippen LogP contribution in [0.5, 0.6) is 0 Å². The second kappa shape index (κ2) is 3.10. The van der Waals surface area contributed by atoms with E-state index in [9.17, 15) is 9.59 Å². The number of aliphatic carboxylic acids is 1. The average Bonchev–Trinajstić information content (AvgIpc) is 1.82. The third-order valence-electron chi connectivity index (χ3n) is 1.96. The van der Waals surface area contributed by atoms with Crippen molar-refractivity contribution in [2.45, 2.75) is 24.8 Å². The maximum absolute atomic E-state index is 10.9. The first-order valence-corrected chi connectivity index (χ1v) is 3.79. The Morgan fingerprint density at radius 2 is 2.42 bits per heavy atom. The molecule has 12 heavy (non-hydrogen) atoms. The molecule has 1 saturated heterocycles. The number of carbonyl (C=O) groups excluding carboxylic acids is 1. The Kier molecular flexibility index (Phi) is 2.32. The monoisotopic (exact) mass is 172 g/mol. The highest BCUT2D eigenvalue weighted by Crippen LogP contribution is 2.19. The van der Waals surface area contributed by atoms with E-state index in [1.165, 1.54) is 0 Å². The Balaban J connectivity index is 2.57. The van der Waals surface area contributed by atoms with Gasteiger partial charge in [0.15, 0.2) is 0 Å². The highest BCUT2D eigenvalue weighted by atomic mass is 16.4. The topological polar surface area (TPSA) is 92.4 Å². The molecule has 1 atom stereocenters. The van der Waals surface area contributed by atoms with Crippen molar-refractivity contribution in [3.05, 3.63) is 0 Å². The number of piperidine rings is 1. The summed E-state index contributed by atoms with van der Waals surface area (Å²) in [5.41, 5.74) is 4.87. The number of nitrogens with two attached hydrogens (primary N) is 1. The molecule has 68 valence electrons. The average molecular weight is 172 g/mol. The number of carboxylic acid groups (broad SMARTS) is 1. The quantitative estimate of drug-likeness (QED) is 0.501. The molecule has 0 aromatic rings. The predicted octanol–water partition coefficient (Wildman–Crippen LogP) is -0.931. The molecular formula is C7H12N2O3. The Labute approximate surface area is 69.9 Å². The summed E-state index contributed by atoms with van der Waals surface area (Å²) >= 11 is 0. The van der Waals surface area contributed by atoms with Crippen molar-refractivity contribution in [1.82, 2.24) is 5.32 Å². The van der Waals surface area contributed by atoms with Crippen LogP contribution in [0.25, 0.3) is 0 Å². The molecule has 5 heteroatoms. The smallest absolute Gasteiger partial charge is 0.305 e. The molecule has 0 aromatic carbocycles. The number of carbonyl (C=O) groups is 2. The molecule has 0 aliphatic carbocycles. The third-order valence-corrected chi connectivity index (χ3v) is 1.96. The molecule has 1 aliphatic rings. The standard InChI is InChI=1S/C7H12N2O3/c8-7(4-6(11)12)1-2-9-5(10)3-7/h1-4,8H2,(H,9,10)(H,11,12)/t7-/m1/s1. The van der Waals surface area contributed by atoms with Gasteiger partial charge in [0.05, 0.1) is 6.42 Å². The molecule has 1 amide bonds. The maximum Gasteiger partial charge on any atom is 0.305 e. The van der Waals surface area contributed by atoms with Gasteiger partial charge < -0.3 is 16.2 Å². The van der Waals surface area contributed by atoms with Crippen molar-refractivity contribution in [3.63, 3.8) is 0 Å². The molecule has 4 N–H and O–H groups in total. The summed E-state index contributed by atoms with van der Waals surface area (Å²) in [5, 5.41) is 11.1. The van der Waals surface area contributed by atoms with Crippen LogP contribution in [0.2, 0.25) is 0 Å². The van der Waals surface area contributed by atoms with Gasteiger partial charge in [0.1, 0.15) is 0 Å². The second-order valence-corrected chi connectivity index (χ2v) is 3.21. The van der Waals surface area contributed by atoms with Crippen LogP contribution in [0, 0.1) is 0 Å². The summed E-state index contributed by atoms with van der Waals surface area (Å²) in [5.74, 6) is -1.11. The first-order valence-electron chi connectivity index (χ1n) is 3.79. The molecule has 0 aromatic heterocycles. The van der Waals surface area contributed by atoms with Gasteiger partial charge in [-0.25, -0.2) is 0 Å². The van der Waals surface area contributed by atoms with E-state index in [1.807, 2.05) is 0 Å². The number of carboxylic acids is 1. The van der Waals surface area contributed by atoms with E-state index in [0.29, 0.717) is 13.0 Å². The van der Waals surface area contributed by atoms with E-state index in [0.717, 1.165) is 0 Å². The lowest BCUT2D eigenvalue weighted by atomic mass is 9.86. The number of rotatable bonds is 2. The normalized spacial score (nSPS) is 29.6. The molecule has 0 spiro atoms. The first-order chi connectivity index (χ1) is 5.52. The minimum absolute atomic E-state index is 0.110. The highest BCUT2D eigenvalue weighted by molar-refractivity contribution is 5.79. The van der Waals surface area contributed by atoms with Crippen molar-refractivity contribution in [1.29, 1.82) is 0 Å². The van der Waals surface area contributed by atoms with Gasteiger partial charge in [0.2, 0.25) is 5.91 Å². The van der Waals surface area contributed by atoms with Crippen molar-refractivity contribution < 1.29 is 14.7 Å². The Morgan fingerprint density at radius 1 is 1.75 bits per heavy atom. The van der Waals surface area contributed by atoms with Crippen molar-refractivity contribution in [2.24, 2.45) is 5.73 Å². The molecule has 5 nitrogen and oxygen atoms in total. The molecule has 0 bridgehead atoms. The Hall–Kier alpha value is -1.10. The first kappa shape index (κ1) is 8.99. The number of hydrogen-bond acceptors (Lipinski definition) is 3. The Bertz CT molecular complexity index is 213. The van der Waals surface area contributed by atoms with E-state index in [4.69, 9.17) is 10.8 Å². The summed E-state index contributed by atoms with van der Waals surface area (Å²) < 4.78 is 0. The molecule has 1 fully saturated rings. The summed E-state index contributed by atoms with van der Waals surface area (Å²) in [6.07, 6.45) is 0.505. The summed E-state index contributed by atoms with van der Waals surface area (Å²) in [6.45, 7) is 0.475. The van der Waals surface area contributed by atoms with Gasteiger partial charge in [0, 0.05) is 18.5 Å². The third kappa shape index (κ3) is 2.20. The van der Waals surface area contributed by atoms with Crippen LogP contribution in [0.4, 0.5) is 0 Å². The zero-order chi connectivity index (χ0) is 9.19. The van der Waals surface area contributed by atoms with E-state index in [2.05, 4.69) is 5.32 Å². The van der Waals surface area contributed by atoms with Crippen molar-refractivity contribution >= 4 is 11.9 Å². The molecule has 0 radical (unpaired) electrons. The van der Waals surface area contributed by atoms with Crippen LogP contribution in [0.1, 0.15) is 19.3 Å². The predicted molar refractivity (Wildman–Crippen MR) is 41.4 cm³/mol. The van der Waals surface area contributed by atoms with Gasteiger partial charge >= 0.3 is 5.97 Å². The van der Waals surface area contributed by atoms with Gasteiger partial charge in [-0.2, -0.15) is 0 Å². The van der Waals surface area contributed by atoms with Crippen LogP contribution >= 0.6 is 0 Å². The van der Waals surface area contributed by atoms with Gasteiger partial charge in [-0.1, -0.05) is 0 Å². The van der Waals surface area contributed by atoms with E-state index < -0.39 is 11.5 Å². The fraction of sp³-hybridized carbons (Fsp3) is 0.714. The Morgan fingerprint density at radius 3 is 2.92 bits per heavy atom. The van der Waals surface area contributed by atoms with Crippen LogP contribution in [-0.2, 0) is 9.59 Å². The van der Waals surface area contributed by atoms with E-state index >= 15 is 0 Å². The summed E-state index contributed by atoms with van der Waals surface area (Å²) in [7, 11) is 0. The zero-order valence-electron chi connectivity index (χ0n) is 6.67. The maximum atomic E-state index is 10.9. The van der Waals surface area contributed by atoms with Crippen molar-refractivity contribution in [2.75, 3.05) is 6.54 Å². The number of nitrogens with one attached hydrogen (secondary N) is 1. The van der Waals surface area contributed by atoms with Crippen LogP contribution < -0.4 is 11.1 Å². The lowest BCUT2D eigenvalue weighted by molar-refractivity contribution is -0.139. The fourth-order valence-corrected chi connectivity index (χ4v) is 1.37. The molecule has 1 rings (SSSR count).